The zero-order valence-electron chi connectivity index (χ0n) is 17.3. The normalized spacial score (nSPS) is 15.5. The van der Waals surface area contributed by atoms with Gasteiger partial charge in [0.05, 0.1) is 23.3 Å². The number of hydrogen-bond acceptors (Lipinski definition) is 5. The maximum atomic E-state index is 12.7. The van der Waals surface area contributed by atoms with E-state index in [-0.39, 0.29) is 24.4 Å². The molecule has 29 heavy (non-hydrogen) atoms. The molecule has 0 saturated carbocycles. The summed E-state index contributed by atoms with van der Waals surface area (Å²) in [6, 6.07) is 8.12. The van der Waals surface area contributed by atoms with Gasteiger partial charge in [0, 0.05) is 25.7 Å². The lowest BCUT2D eigenvalue weighted by Crippen LogP contribution is -2.48. The van der Waals surface area contributed by atoms with Crippen molar-refractivity contribution in [1.82, 2.24) is 25.1 Å². The van der Waals surface area contributed by atoms with Gasteiger partial charge in [0.25, 0.3) is 0 Å². The van der Waals surface area contributed by atoms with Gasteiger partial charge in [-0.1, -0.05) is 19.1 Å². The van der Waals surface area contributed by atoms with Crippen LogP contribution in [0.1, 0.15) is 32.0 Å². The van der Waals surface area contributed by atoms with Crippen LogP contribution < -0.4 is 10.6 Å². The van der Waals surface area contributed by atoms with E-state index < -0.39 is 0 Å². The predicted molar refractivity (Wildman–Crippen MR) is 118 cm³/mol. The highest BCUT2D eigenvalue weighted by atomic mass is 32.2. The summed E-state index contributed by atoms with van der Waals surface area (Å²) in [5.74, 6) is 1.82. The van der Waals surface area contributed by atoms with Crippen molar-refractivity contribution in [2.24, 2.45) is 0 Å². The van der Waals surface area contributed by atoms with Crippen molar-refractivity contribution in [3.63, 3.8) is 0 Å². The number of nitrogens with one attached hydrogen (secondary N) is 2. The molecule has 2 heterocycles. The second-order valence-corrected chi connectivity index (χ2v) is 8.37. The van der Waals surface area contributed by atoms with E-state index in [1.807, 2.05) is 42.0 Å². The van der Waals surface area contributed by atoms with Crippen molar-refractivity contribution in [2.45, 2.75) is 44.5 Å². The molecule has 1 aromatic heterocycles. The number of thioether (sulfide) groups is 1. The van der Waals surface area contributed by atoms with Crippen LogP contribution in [0.2, 0.25) is 0 Å². The lowest BCUT2D eigenvalue weighted by molar-refractivity contribution is -0.124. The molecule has 3 rings (SSSR count). The van der Waals surface area contributed by atoms with Crippen LogP contribution in [0.3, 0.4) is 0 Å². The van der Waals surface area contributed by atoms with Crippen molar-refractivity contribution in [3.05, 3.63) is 30.1 Å². The number of hydrogen-bond donors (Lipinski definition) is 2. The van der Waals surface area contributed by atoms with Gasteiger partial charge in [-0.05, 0) is 37.7 Å². The minimum absolute atomic E-state index is 0.0228. The number of likely N-dealkylation sites (tertiary alicyclic amines) is 1. The van der Waals surface area contributed by atoms with Crippen molar-refractivity contribution in [2.75, 3.05) is 32.4 Å². The number of carbonyl (C=O) groups is 2. The summed E-state index contributed by atoms with van der Waals surface area (Å²) in [7, 11) is 0. The Morgan fingerprint density at radius 2 is 1.93 bits per heavy atom. The number of nitrogens with zero attached hydrogens (tertiary/aromatic N) is 3. The van der Waals surface area contributed by atoms with Crippen molar-refractivity contribution in [1.29, 1.82) is 0 Å². The number of carbonyl (C=O) groups excluding carboxylic acids is 2. The second kappa shape index (κ2) is 10.6. The summed E-state index contributed by atoms with van der Waals surface area (Å²) in [6.45, 7) is 5.17. The number of benzene rings is 1. The highest BCUT2D eigenvalue weighted by molar-refractivity contribution is 7.97. The molecule has 1 aliphatic heterocycles. The smallest absolute Gasteiger partial charge is 0.240 e. The first-order chi connectivity index (χ1) is 14.1. The highest BCUT2D eigenvalue weighted by Gasteiger charge is 2.22. The van der Waals surface area contributed by atoms with Gasteiger partial charge in [-0.15, -0.1) is 0 Å². The van der Waals surface area contributed by atoms with Gasteiger partial charge in [-0.25, -0.2) is 4.98 Å². The molecule has 1 fully saturated rings. The summed E-state index contributed by atoms with van der Waals surface area (Å²) in [5, 5.41) is 6.09. The largest absolute Gasteiger partial charge is 0.355 e. The molecule has 0 atom stereocenters. The van der Waals surface area contributed by atoms with Gasteiger partial charge >= 0.3 is 0 Å². The summed E-state index contributed by atoms with van der Waals surface area (Å²) in [5.41, 5.74) is 1.93. The molecule has 1 aliphatic rings. The van der Waals surface area contributed by atoms with Crippen LogP contribution in [-0.4, -0.2) is 64.7 Å². The SMILES string of the molecule is CCCNC(=O)CN1CCC(NC(=O)Cn2c(CSC)nc3ccccc32)CC1. The lowest BCUT2D eigenvalue weighted by atomic mass is 10.0. The summed E-state index contributed by atoms with van der Waals surface area (Å²) >= 11 is 1.70. The molecule has 8 heteroatoms. The fourth-order valence-corrected chi connectivity index (χ4v) is 4.20. The fraction of sp³-hybridized carbons (Fsp3) is 0.571. The van der Waals surface area contributed by atoms with E-state index in [9.17, 15) is 9.59 Å². The molecular weight excluding hydrogens is 386 g/mol. The molecule has 0 spiro atoms. The van der Waals surface area contributed by atoms with Gasteiger partial charge in [0.1, 0.15) is 12.4 Å². The third-order valence-corrected chi connectivity index (χ3v) is 5.75. The molecule has 2 amide bonds. The molecule has 2 N–H and O–H groups in total. The number of rotatable bonds is 9. The molecular formula is C21H31N5O2S. The Kier molecular flexibility index (Phi) is 7.94. The number of piperidine rings is 1. The lowest BCUT2D eigenvalue weighted by Gasteiger charge is -2.31. The Morgan fingerprint density at radius 3 is 2.66 bits per heavy atom. The topological polar surface area (TPSA) is 79.3 Å². The quantitative estimate of drug-likeness (QED) is 0.653. The third-order valence-electron chi connectivity index (χ3n) is 5.20. The molecule has 0 bridgehead atoms. The number of amides is 2. The van der Waals surface area contributed by atoms with E-state index in [1.165, 1.54) is 0 Å². The second-order valence-electron chi connectivity index (χ2n) is 7.50. The maximum absolute atomic E-state index is 12.7. The van der Waals surface area contributed by atoms with Gasteiger partial charge in [-0.2, -0.15) is 11.8 Å². The van der Waals surface area contributed by atoms with E-state index in [1.54, 1.807) is 11.8 Å². The van der Waals surface area contributed by atoms with Gasteiger partial charge in [0.2, 0.25) is 11.8 Å². The van der Waals surface area contributed by atoms with Crippen LogP contribution in [0.5, 0.6) is 0 Å². The number of imidazole rings is 1. The van der Waals surface area contributed by atoms with Crippen LogP contribution in [0.15, 0.2) is 24.3 Å². The Bertz CT molecular complexity index is 830. The van der Waals surface area contributed by atoms with E-state index >= 15 is 0 Å². The minimum atomic E-state index is 0.0228. The summed E-state index contributed by atoms with van der Waals surface area (Å²) in [4.78, 5) is 31.4. The zero-order chi connectivity index (χ0) is 20.6. The monoisotopic (exact) mass is 417 g/mol. The zero-order valence-corrected chi connectivity index (χ0v) is 18.1. The van der Waals surface area contributed by atoms with Crippen LogP contribution in [-0.2, 0) is 21.9 Å². The molecule has 7 nitrogen and oxygen atoms in total. The first-order valence-corrected chi connectivity index (χ1v) is 11.7. The molecule has 1 aromatic carbocycles. The van der Waals surface area contributed by atoms with Crippen LogP contribution in [0.4, 0.5) is 0 Å². The standard InChI is InChI=1S/C21H31N5O2S/c1-3-10-22-20(27)13-25-11-8-16(9-12-25)23-21(28)14-26-18-7-5-4-6-17(18)24-19(26)15-29-2/h4-7,16H,3,8-15H2,1-2H3,(H,22,27)(H,23,28). The molecule has 158 valence electrons. The molecule has 0 unspecified atom stereocenters. The van der Waals surface area contributed by atoms with Crippen LogP contribution >= 0.6 is 11.8 Å². The van der Waals surface area contributed by atoms with Crippen LogP contribution in [0.25, 0.3) is 11.0 Å². The van der Waals surface area contributed by atoms with Crippen molar-refractivity contribution >= 4 is 34.6 Å². The Hall–Kier alpha value is -2.06. The van der Waals surface area contributed by atoms with E-state index in [4.69, 9.17) is 0 Å². The van der Waals surface area contributed by atoms with Crippen LogP contribution in [0, 0.1) is 0 Å². The first kappa shape index (κ1) is 21.6. The molecule has 0 radical (unpaired) electrons. The predicted octanol–water partition coefficient (Wildman–Crippen LogP) is 2.01. The Morgan fingerprint density at radius 1 is 1.17 bits per heavy atom. The highest BCUT2D eigenvalue weighted by Crippen LogP contribution is 2.19. The van der Waals surface area contributed by atoms with Gasteiger partial charge < -0.3 is 15.2 Å². The van der Waals surface area contributed by atoms with E-state index in [0.29, 0.717) is 6.54 Å². The molecule has 0 aliphatic carbocycles. The minimum Gasteiger partial charge on any atom is -0.355 e. The average Bonchev–Trinajstić information content (AvgIpc) is 3.05. The third kappa shape index (κ3) is 5.96. The van der Waals surface area contributed by atoms with Crippen molar-refractivity contribution < 1.29 is 9.59 Å². The van der Waals surface area contributed by atoms with E-state index in [0.717, 1.165) is 61.5 Å². The van der Waals surface area contributed by atoms with Gasteiger partial charge in [0.15, 0.2) is 0 Å². The number of aromatic nitrogens is 2. The van der Waals surface area contributed by atoms with Crippen molar-refractivity contribution in [3.8, 4) is 0 Å². The van der Waals surface area contributed by atoms with E-state index in [2.05, 4.69) is 20.5 Å². The number of fused-ring (bicyclic) bond motifs is 1. The molecule has 1 saturated heterocycles. The average molecular weight is 418 g/mol. The fourth-order valence-electron chi connectivity index (χ4n) is 3.72. The maximum Gasteiger partial charge on any atom is 0.240 e. The Balaban J connectivity index is 1.51. The molecule has 2 aromatic rings. The first-order valence-electron chi connectivity index (χ1n) is 10.3. The number of para-hydroxylation sites is 2. The summed E-state index contributed by atoms with van der Waals surface area (Å²) < 4.78 is 2.02. The Labute approximate surface area is 176 Å². The summed E-state index contributed by atoms with van der Waals surface area (Å²) in [6.07, 6.45) is 4.73. The van der Waals surface area contributed by atoms with Gasteiger partial charge in [-0.3, -0.25) is 14.5 Å².